The Labute approximate surface area is 206 Å². The molecule has 0 radical (unpaired) electrons. The topological polar surface area (TPSA) is 109 Å². The monoisotopic (exact) mass is 481 g/mol. The van der Waals surface area contributed by atoms with Gasteiger partial charge in [-0.25, -0.2) is 4.98 Å². The number of carbonyl (C=O) groups is 2. The minimum absolute atomic E-state index is 0.173. The lowest BCUT2D eigenvalue weighted by Gasteiger charge is -2.31. The molecule has 2 N–H and O–H groups in total. The van der Waals surface area contributed by atoms with Gasteiger partial charge in [-0.3, -0.25) is 19.5 Å². The van der Waals surface area contributed by atoms with Crippen molar-refractivity contribution in [1.29, 1.82) is 0 Å². The summed E-state index contributed by atoms with van der Waals surface area (Å²) in [6.45, 7) is 11.6. The molecule has 9 heteroatoms. The van der Waals surface area contributed by atoms with E-state index in [1.54, 1.807) is 12.2 Å². The first-order chi connectivity index (χ1) is 16.9. The zero-order chi connectivity index (χ0) is 25.4. The van der Waals surface area contributed by atoms with Crippen molar-refractivity contribution in [2.24, 2.45) is 4.99 Å². The van der Waals surface area contributed by atoms with E-state index in [2.05, 4.69) is 21.8 Å². The van der Waals surface area contributed by atoms with Gasteiger partial charge >= 0.3 is 5.97 Å². The molecule has 1 fully saturated rings. The van der Waals surface area contributed by atoms with Crippen molar-refractivity contribution in [2.75, 3.05) is 38.2 Å². The van der Waals surface area contributed by atoms with Crippen molar-refractivity contribution in [1.82, 2.24) is 14.5 Å². The summed E-state index contributed by atoms with van der Waals surface area (Å²) in [5.41, 5.74) is 4.39. The van der Waals surface area contributed by atoms with Gasteiger partial charge in [0.15, 0.2) is 0 Å². The Morgan fingerprint density at radius 2 is 2.09 bits per heavy atom. The summed E-state index contributed by atoms with van der Waals surface area (Å²) in [6.07, 6.45) is 5.96. The number of fused-ring (bicyclic) bond motifs is 1. The number of hydrogen-bond donors (Lipinski definition) is 2. The molecule has 0 atom stereocenters. The van der Waals surface area contributed by atoms with E-state index in [0.717, 1.165) is 54.5 Å². The zero-order valence-electron chi connectivity index (χ0n) is 20.8. The molecule has 1 aromatic carbocycles. The fourth-order valence-corrected chi connectivity index (χ4v) is 4.33. The summed E-state index contributed by atoms with van der Waals surface area (Å²) in [5.74, 6) is 0.472. The standard InChI is InChI=1S/C26H35N5O4/c1-5-7-19(4)27-22(17-33)14-31-23-13-20(16-32)12-18(3)25(23)29-26(31)28-21-8-10-30(11-9-21)15-24(34)35-6-2/h5,7,12-13,16,21,33H,1,6,8-11,14-15,17H2,2-4H3,(H,28,29)/b19-7-,27-22?. The maximum absolute atomic E-state index is 11.8. The molecule has 1 saturated heterocycles. The number of aldehydes is 1. The van der Waals surface area contributed by atoms with Crippen LogP contribution in [0.1, 0.15) is 42.6 Å². The lowest BCUT2D eigenvalue weighted by atomic mass is 10.1. The molecule has 0 aliphatic carbocycles. The second-order valence-corrected chi connectivity index (χ2v) is 8.72. The summed E-state index contributed by atoms with van der Waals surface area (Å²) >= 11 is 0. The van der Waals surface area contributed by atoms with E-state index in [-0.39, 0.29) is 18.6 Å². The van der Waals surface area contributed by atoms with Crippen molar-refractivity contribution in [3.05, 3.63) is 47.7 Å². The largest absolute Gasteiger partial charge is 0.465 e. The van der Waals surface area contributed by atoms with Crippen molar-refractivity contribution in [3.8, 4) is 0 Å². The first-order valence-electron chi connectivity index (χ1n) is 12.0. The molecule has 9 nitrogen and oxygen atoms in total. The van der Waals surface area contributed by atoms with E-state index in [1.807, 2.05) is 37.5 Å². The Bertz CT molecular complexity index is 1130. The Kier molecular flexibility index (Phi) is 9.33. The average Bonchev–Trinajstić information content (AvgIpc) is 3.17. The minimum Gasteiger partial charge on any atom is -0.465 e. The van der Waals surface area contributed by atoms with Gasteiger partial charge in [-0.1, -0.05) is 12.7 Å². The van der Waals surface area contributed by atoms with Crippen molar-refractivity contribution < 1.29 is 19.4 Å². The van der Waals surface area contributed by atoms with Gasteiger partial charge in [0.05, 0.1) is 43.0 Å². The number of aliphatic hydroxyl groups excluding tert-OH is 1. The Morgan fingerprint density at radius 1 is 1.34 bits per heavy atom. The summed E-state index contributed by atoms with van der Waals surface area (Å²) < 4.78 is 7.03. The lowest BCUT2D eigenvalue weighted by molar-refractivity contribution is -0.144. The number of esters is 1. The van der Waals surface area contributed by atoms with Crippen LogP contribution >= 0.6 is 0 Å². The second-order valence-electron chi connectivity index (χ2n) is 8.72. The number of nitrogens with zero attached hydrogens (tertiary/aromatic N) is 4. The third kappa shape index (κ3) is 6.86. The van der Waals surface area contributed by atoms with Gasteiger partial charge in [-0.05, 0) is 57.4 Å². The number of aromatic nitrogens is 2. The molecular formula is C26H35N5O4. The molecule has 2 heterocycles. The highest BCUT2D eigenvalue weighted by atomic mass is 16.5. The minimum atomic E-state index is -0.208. The van der Waals surface area contributed by atoms with Crippen LogP contribution in [0.5, 0.6) is 0 Å². The first kappa shape index (κ1) is 26.3. The SMILES string of the molecule is C=C/C=C(/C)N=C(CO)Cn1c(NC2CCN(CC(=O)OCC)CC2)nc2c(C)cc(C=O)cc21. The van der Waals surface area contributed by atoms with Gasteiger partial charge in [0.25, 0.3) is 0 Å². The Balaban J connectivity index is 1.87. The lowest BCUT2D eigenvalue weighted by Crippen LogP contribution is -2.42. The number of benzene rings is 1. The predicted octanol–water partition coefficient (Wildman–Crippen LogP) is 3.12. The van der Waals surface area contributed by atoms with Crippen LogP contribution in [0.2, 0.25) is 0 Å². The van der Waals surface area contributed by atoms with Crippen LogP contribution in [0.15, 0.2) is 41.6 Å². The van der Waals surface area contributed by atoms with Crippen LogP contribution in [-0.4, -0.2) is 76.4 Å². The van der Waals surface area contributed by atoms with Crippen LogP contribution in [0, 0.1) is 6.92 Å². The number of piperidine rings is 1. The number of aryl methyl sites for hydroxylation is 1. The molecule has 1 aromatic heterocycles. The number of anilines is 1. The van der Waals surface area contributed by atoms with Crippen molar-refractivity contribution in [3.63, 3.8) is 0 Å². The van der Waals surface area contributed by atoms with Gasteiger partial charge in [-0.2, -0.15) is 0 Å². The third-order valence-electron chi connectivity index (χ3n) is 6.00. The molecule has 0 unspecified atom stereocenters. The summed E-state index contributed by atoms with van der Waals surface area (Å²) in [5, 5.41) is 13.5. The van der Waals surface area contributed by atoms with Crippen LogP contribution in [-0.2, 0) is 16.1 Å². The van der Waals surface area contributed by atoms with E-state index < -0.39 is 0 Å². The summed E-state index contributed by atoms with van der Waals surface area (Å²) in [6, 6.07) is 3.81. The van der Waals surface area contributed by atoms with Gasteiger partial charge in [0.2, 0.25) is 5.95 Å². The normalized spacial score (nSPS) is 15.9. The molecule has 188 valence electrons. The molecule has 0 saturated carbocycles. The van der Waals surface area contributed by atoms with Crippen molar-refractivity contribution >= 4 is 34.9 Å². The molecule has 35 heavy (non-hydrogen) atoms. The Morgan fingerprint density at radius 3 is 2.71 bits per heavy atom. The van der Waals surface area contributed by atoms with Gasteiger partial charge in [0, 0.05) is 30.4 Å². The fraction of sp³-hybridized carbons (Fsp3) is 0.462. The highest BCUT2D eigenvalue weighted by Crippen LogP contribution is 2.26. The van der Waals surface area contributed by atoms with Gasteiger partial charge < -0.3 is 19.7 Å². The number of aliphatic imine (C=N–C) groups is 1. The molecule has 1 aliphatic heterocycles. The number of aliphatic hydroxyl groups is 1. The number of rotatable bonds is 11. The molecule has 0 spiro atoms. The van der Waals surface area contributed by atoms with Crippen LogP contribution in [0.3, 0.4) is 0 Å². The molecule has 2 aromatic rings. The maximum Gasteiger partial charge on any atom is 0.320 e. The van der Waals surface area contributed by atoms with E-state index in [4.69, 9.17) is 9.72 Å². The van der Waals surface area contributed by atoms with E-state index >= 15 is 0 Å². The molecular weight excluding hydrogens is 446 g/mol. The highest BCUT2D eigenvalue weighted by Gasteiger charge is 2.24. The van der Waals surface area contributed by atoms with E-state index in [0.29, 0.717) is 36.9 Å². The van der Waals surface area contributed by atoms with E-state index in [9.17, 15) is 14.7 Å². The summed E-state index contributed by atoms with van der Waals surface area (Å²) in [7, 11) is 0. The third-order valence-corrected chi connectivity index (χ3v) is 6.00. The van der Waals surface area contributed by atoms with Gasteiger partial charge in [0.1, 0.15) is 6.29 Å². The predicted molar refractivity (Wildman–Crippen MR) is 138 cm³/mol. The molecule has 3 rings (SSSR count). The van der Waals surface area contributed by atoms with Crippen LogP contribution in [0.25, 0.3) is 11.0 Å². The van der Waals surface area contributed by atoms with Crippen LogP contribution in [0.4, 0.5) is 5.95 Å². The summed E-state index contributed by atoms with van der Waals surface area (Å²) in [4.78, 5) is 34.8. The number of nitrogens with one attached hydrogen (secondary N) is 1. The fourth-order valence-electron chi connectivity index (χ4n) is 4.33. The number of allylic oxidation sites excluding steroid dienone is 3. The first-order valence-corrected chi connectivity index (χ1v) is 12.0. The smallest absolute Gasteiger partial charge is 0.320 e. The van der Waals surface area contributed by atoms with E-state index in [1.165, 1.54) is 0 Å². The molecule has 1 aliphatic rings. The number of imidazole rings is 1. The number of carbonyl (C=O) groups excluding carboxylic acids is 2. The quantitative estimate of drug-likeness (QED) is 0.220. The van der Waals surface area contributed by atoms with Gasteiger partial charge in [-0.15, -0.1) is 0 Å². The molecule has 0 bridgehead atoms. The Hall–Kier alpha value is -3.30. The number of ether oxygens (including phenoxy) is 1. The maximum atomic E-state index is 11.8. The molecule has 0 amide bonds. The number of hydrogen-bond acceptors (Lipinski definition) is 8. The number of likely N-dealkylation sites (tertiary alicyclic amines) is 1. The highest BCUT2D eigenvalue weighted by molar-refractivity contribution is 5.92. The average molecular weight is 482 g/mol. The second kappa shape index (κ2) is 12.4. The zero-order valence-corrected chi connectivity index (χ0v) is 20.8. The van der Waals surface area contributed by atoms with Crippen molar-refractivity contribution in [2.45, 2.75) is 46.2 Å². The van der Waals surface area contributed by atoms with Crippen LogP contribution < -0.4 is 5.32 Å².